The van der Waals surface area contributed by atoms with Gasteiger partial charge in [-0.1, -0.05) is 0 Å². The van der Waals surface area contributed by atoms with Gasteiger partial charge in [-0.05, 0) is 100 Å². The second-order valence-electron chi connectivity index (χ2n) is 13.5. The third-order valence-corrected chi connectivity index (χ3v) is 9.95. The number of H-pyrrole nitrogens is 2. The summed E-state index contributed by atoms with van der Waals surface area (Å²) in [6.07, 6.45) is 4.91. The Morgan fingerprint density at radius 2 is 1.14 bits per heavy atom. The van der Waals surface area contributed by atoms with Crippen molar-refractivity contribution in [3.63, 3.8) is 0 Å². The van der Waals surface area contributed by atoms with Gasteiger partial charge in [0, 0.05) is 62.4 Å². The molecule has 3 aromatic heterocycles. The van der Waals surface area contributed by atoms with Gasteiger partial charge in [0.05, 0.1) is 38.5 Å². The largest absolute Gasteiger partial charge is 0.378 e. The number of aromatic nitrogens is 5. The molecule has 13 heteroatoms. The molecule has 0 radical (unpaired) electrons. The first kappa shape index (κ1) is 32.0. The van der Waals surface area contributed by atoms with Crippen molar-refractivity contribution in [2.45, 2.75) is 25.7 Å². The maximum atomic E-state index is 13.8. The average Bonchev–Trinajstić information content (AvgIpc) is 3.83. The highest BCUT2D eigenvalue weighted by molar-refractivity contribution is 6.20. The number of anilines is 5. The Labute approximate surface area is 289 Å². The third kappa shape index (κ3) is 6.29. The van der Waals surface area contributed by atoms with Gasteiger partial charge in [0.2, 0.25) is 11.9 Å². The van der Waals surface area contributed by atoms with Crippen molar-refractivity contribution < 1.29 is 0 Å². The maximum Gasteiger partial charge on any atom is 0.262 e. The fraction of sp³-hybridized carbons (Fsp3) is 0.378. The van der Waals surface area contributed by atoms with E-state index in [4.69, 9.17) is 15.0 Å². The lowest BCUT2D eigenvalue weighted by molar-refractivity contribution is 0.352. The van der Waals surface area contributed by atoms with Crippen LogP contribution in [0.1, 0.15) is 25.7 Å². The summed E-state index contributed by atoms with van der Waals surface area (Å²) >= 11 is 0. The highest BCUT2D eigenvalue weighted by Crippen LogP contribution is 2.37. The number of benzene rings is 3. The first-order chi connectivity index (χ1) is 24.4. The van der Waals surface area contributed by atoms with Crippen LogP contribution in [0.3, 0.4) is 0 Å². The van der Waals surface area contributed by atoms with Crippen molar-refractivity contribution in [1.82, 2.24) is 34.7 Å². The van der Waals surface area contributed by atoms with Gasteiger partial charge in [0.25, 0.3) is 11.1 Å². The van der Waals surface area contributed by atoms with Crippen molar-refractivity contribution in [2.75, 3.05) is 87.3 Å². The van der Waals surface area contributed by atoms with E-state index in [2.05, 4.69) is 35.7 Å². The molecule has 2 aliphatic heterocycles. The number of nitrogens with one attached hydrogen (secondary N) is 5. The smallest absolute Gasteiger partial charge is 0.262 e. The summed E-state index contributed by atoms with van der Waals surface area (Å²) in [6.45, 7) is 7.57. The molecule has 3 aromatic carbocycles. The number of pyridine rings is 1. The second kappa shape index (κ2) is 13.6. The van der Waals surface area contributed by atoms with Gasteiger partial charge >= 0.3 is 0 Å². The SMILES string of the molecule is CN(C)c1ccc(Nc2c3ccc4nc(NCCN5CCCC5)[nH]c(=O)c4c3nc3c2ccc2nc(NCCN4CCCC4)[nH]c(=O)c23)cc1. The summed E-state index contributed by atoms with van der Waals surface area (Å²) in [7, 11) is 4.01. The van der Waals surface area contributed by atoms with Crippen LogP contribution in [-0.4, -0.2) is 101 Å². The van der Waals surface area contributed by atoms with Crippen molar-refractivity contribution >= 4 is 72.6 Å². The quantitative estimate of drug-likeness (QED) is 0.0964. The summed E-state index contributed by atoms with van der Waals surface area (Å²) in [5.41, 5.74) is 4.04. The average molecular weight is 674 g/mol. The van der Waals surface area contributed by atoms with Crippen molar-refractivity contribution in [2.24, 2.45) is 0 Å². The predicted molar refractivity (Wildman–Crippen MR) is 203 cm³/mol. The highest BCUT2D eigenvalue weighted by Gasteiger charge is 2.20. The second-order valence-corrected chi connectivity index (χ2v) is 13.5. The van der Waals surface area contributed by atoms with Crippen LogP contribution < -0.4 is 32.0 Å². The topological polar surface area (TPSA) is 150 Å². The van der Waals surface area contributed by atoms with Crippen LogP contribution in [-0.2, 0) is 0 Å². The lowest BCUT2D eigenvalue weighted by Gasteiger charge is -2.17. The molecule has 258 valence electrons. The minimum absolute atomic E-state index is 0.297. The molecule has 0 unspecified atom stereocenters. The Morgan fingerprint density at radius 1 is 0.660 bits per heavy atom. The molecule has 13 nitrogen and oxygen atoms in total. The van der Waals surface area contributed by atoms with Crippen molar-refractivity contribution in [1.29, 1.82) is 0 Å². The molecule has 0 aliphatic carbocycles. The molecular formula is C37H43N11O2. The van der Waals surface area contributed by atoms with Crippen LogP contribution >= 0.6 is 0 Å². The summed E-state index contributed by atoms with van der Waals surface area (Å²) < 4.78 is 0. The molecule has 2 aliphatic rings. The minimum Gasteiger partial charge on any atom is -0.378 e. The van der Waals surface area contributed by atoms with E-state index >= 15 is 0 Å². The van der Waals surface area contributed by atoms with Gasteiger partial charge in [-0.25, -0.2) is 15.0 Å². The van der Waals surface area contributed by atoms with Crippen LogP contribution in [0.2, 0.25) is 0 Å². The fourth-order valence-corrected chi connectivity index (χ4v) is 7.29. The zero-order valence-electron chi connectivity index (χ0n) is 28.6. The molecule has 50 heavy (non-hydrogen) atoms. The summed E-state index contributed by atoms with van der Waals surface area (Å²) in [5.74, 6) is 0.856. The zero-order chi connectivity index (χ0) is 34.2. The number of likely N-dealkylation sites (tertiary alicyclic amines) is 2. The molecular weight excluding hydrogens is 630 g/mol. The Morgan fingerprint density at radius 3 is 1.60 bits per heavy atom. The first-order valence-electron chi connectivity index (χ1n) is 17.6. The molecule has 0 bridgehead atoms. The van der Waals surface area contributed by atoms with E-state index in [1.54, 1.807) is 0 Å². The van der Waals surface area contributed by atoms with Crippen LogP contribution in [0.15, 0.2) is 58.1 Å². The van der Waals surface area contributed by atoms with Gasteiger partial charge in [0.1, 0.15) is 0 Å². The zero-order valence-corrected chi connectivity index (χ0v) is 28.6. The minimum atomic E-state index is -0.297. The summed E-state index contributed by atoms with van der Waals surface area (Å²) in [5, 5.41) is 12.4. The Hall–Kier alpha value is -5.27. The van der Waals surface area contributed by atoms with E-state index in [9.17, 15) is 9.59 Å². The van der Waals surface area contributed by atoms with Crippen molar-refractivity contribution in [3.05, 3.63) is 69.2 Å². The van der Waals surface area contributed by atoms with Gasteiger partial charge in [-0.3, -0.25) is 19.6 Å². The molecule has 5 heterocycles. The highest BCUT2D eigenvalue weighted by atomic mass is 16.1. The number of fused-ring (bicyclic) bond motifs is 6. The lowest BCUT2D eigenvalue weighted by Crippen LogP contribution is -2.27. The van der Waals surface area contributed by atoms with Gasteiger partial charge < -0.3 is 30.7 Å². The molecule has 0 atom stereocenters. The molecule has 2 fully saturated rings. The monoisotopic (exact) mass is 673 g/mol. The van der Waals surface area contributed by atoms with Crippen LogP contribution in [0.25, 0.3) is 43.6 Å². The Kier molecular flexibility index (Phi) is 8.67. The maximum absolute atomic E-state index is 13.8. The fourth-order valence-electron chi connectivity index (χ4n) is 7.29. The lowest BCUT2D eigenvalue weighted by atomic mass is 10.0. The molecule has 2 saturated heterocycles. The van der Waals surface area contributed by atoms with Gasteiger partial charge in [-0.2, -0.15) is 0 Å². The first-order valence-corrected chi connectivity index (χ1v) is 17.6. The Bertz CT molecular complexity index is 2170. The van der Waals surface area contributed by atoms with Gasteiger partial charge in [-0.15, -0.1) is 0 Å². The van der Waals surface area contributed by atoms with E-state index in [0.29, 0.717) is 57.8 Å². The standard InChI is InChI=1S/C37H43N11O2/c1-46(2)24-9-7-23(8-10-24)40-31-25-11-13-27-29(34(49)44-36(41-27)38-15-21-47-17-3-4-18-47)32(25)43-33-26(31)12-14-28-30(33)35(50)45-37(42-28)39-16-22-48-19-5-6-20-48/h7-14H,3-6,15-22H2,1-2H3,(H,40,43)(H2,38,41,44,49)(H2,39,42,45,50). The third-order valence-electron chi connectivity index (χ3n) is 9.95. The normalized spacial score (nSPS) is 15.5. The van der Waals surface area contributed by atoms with E-state index in [0.717, 1.165) is 67.1 Å². The number of hydrogen-bond donors (Lipinski definition) is 5. The van der Waals surface area contributed by atoms with E-state index < -0.39 is 0 Å². The van der Waals surface area contributed by atoms with Crippen LogP contribution in [0.5, 0.6) is 0 Å². The van der Waals surface area contributed by atoms with E-state index in [1.165, 1.54) is 25.7 Å². The Balaban J connectivity index is 1.23. The van der Waals surface area contributed by atoms with Crippen LogP contribution in [0, 0.1) is 0 Å². The van der Waals surface area contributed by atoms with E-state index in [1.807, 2.05) is 67.5 Å². The predicted octanol–water partition coefficient (Wildman–Crippen LogP) is 4.69. The molecule has 6 aromatic rings. The molecule has 5 N–H and O–H groups in total. The number of nitrogens with zero attached hydrogens (tertiary/aromatic N) is 6. The summed E-state index contributed by atoms with van der Waals surface area (Å²) in [6, 6.07) is 15.7. The number of hydrogen-bond acceptors (Lipinski definition) is 11. The molecule has 0 spiro atoms. The van der Waals surface area contributed by atoms with Crippen LogP contribution in [0.4, 0.5) is 29.0 Å². The molecule has 0 amide bonds. The van der Waals surface area contributed by atoms with E-state index in [-0.39, 0.29) is 11.1 Å². The van der Waals surface area contributed by atoms with Crippen molar-refractivity contribution in [3.8, 4) is 0 Å². The van der Waals surface area contributed by atoms with Gasteiger partial charge in [0.15, 0.2) is 0 Å². The molecule has 0 saturated carbocycles. The number of rotatable bonds is 11. The molecule has 8 rings (SSSR count). The number of aromatic amines is 2. The summed E-state index contributed by atoms with van der Waals surface area (Å²) in [4.78, 5) is 55.0.